The minimum absolute atomic E-state index is 0.255. The molecule has 4 nitrogen and oxygen atoms in total. The zero-order valence-corrected chi connectivity index (χ0v) is 11.7. The van der Waals surface area contributed by atoms with Crippen molar-refractivity contribution in [3.63, 3.8) is 0 Å². The molecule has 0 amide bonds. The quantitative estimate of drug-likeness (QED) is 0.822. The lowest BCUT2D eigenvalue weighted by Gasteiger charge is -2.12. The van der Waals surface area contributed by atoms with Crippen molar-refractivity contribution in [3.05, 3.63) is 53.1 Å². The van der Waals surface area contributed by atoms with Crippen molar-refractivity contribution in [1.82, 2.24) is 0 Å². The van der Waals surface area contributed by atoms with Crippen molar-refractivity contribution < 1.29 is 19.5 Å². The van der Waals surface area contributed by atoms with Crippen LogP contribution in [0.5, 0.6) is 11.5 Å². The monoisotopic (exact) mass is 292 g/mol. The molecule has 0 saturated carbocycles. The lowest BCUT2D eigenvalue weighted by atomic mass is 9.79. The molecule has 0 heterocycles. The Labute approximate surface area is 122 Å². The van der Waals surface area contributed by atoms with E-state index in [4.69, 9.17) is 21.1 Å². The highest BCUT2D eigenvalue weighted by molar-refractivity contribution is 6.58. The van der Waals surface area contributed by atoms with Gasteiger partial charge < -0.3 is 19.5 Å². The van der Waals surface area contributed by atoms with Crippen LogP contribution in [0, 0.1) is 0 Å². The summed E-state index contributed by atoms with van der Waals surface area (Å²) in [6.07, 6.45) is 0. The SMILES string of the molecule is COc1ccc(B(O)O)cc1COc1ccc(Cl)cc1. The first kappa shape index (κ1) is 14.7. The van der Waals surface area contributed by atoms with E-state index in [1.807, 2.05) is 0 Å². The van der Waals surface area contributed by atoms with E-state index in [0.29, 0.717) is 22.0 Å². The Balaban J connectivity index is 2.14. The maximum Gasteiger partial charge on any atom is 0.488 e. The molecule has 0 radical (unpaired) electrons. The largest absolute Gasteiger partial charge is 0.496 e. The van der Waals surface area contributed by atoms with Gasteiger partial charge >= 0.3 is 7.12 Å². The maximum atomic E-state index is 9.19. The Morgan fingerprint density at radius 3 is 2.40 bits per heavy atom. The number of benzene rings is 2. The molecule has 2 aromatic carbocycles. The van der Waals surface area contributed by atoms with Gasteiger partial charge in [-0.3, -0.25) is 0 Å². The van der Waals surface area contributed by atoms with Crippen molar-refractivity contribution >= 4 is 24.2 Å². The molecule has 0 bridgehead atoms. The van der Waals surface area contributed by atoms with Gasteiger partial charge in [-0.05, 0) is 35.8 Å². The normalized spacial score (nSPS) is 10.2. The lowest BCUT2D eigenvalue weighted by molar-refractivity contribution is 0.297. The van der Waals surface area contributed by atoms with Crippen LogP contribution in [0.25, 0.3) is 0 Å². The molecule has 20 heavy (non-hydrogen) atoms. The fraction of sp³-hybridized carbons (Fsp3) is 0.143. The van der Waals surface area contributed by atoms with Gasteiger partial charge in [0.05, 0.1) is 7.11 Å². The van der Waals surface area contributed by atoms with E-state index in [1.54, 1.807) is 49.6 Å². The van der Waals surface area contributed by atoms with E-state index in [1.165, 1.54) is 0 Å². The molecule has 104 valence electrons. The molecule has 0 fully saturated rings. The Bertz CT molecular complexity index is 572. The summed E-state index contributed by atoms with van der Waals surface area (Å²) in [5.41, 5.74) is 1.12. The van der Waals surface area contributed by atoms with Crippen LogP contribution in [0.2, 0.25) is 5.02 Å². The van der Waals surface area contributed by atoms with E-state index in [-0.39, 0.29) is 6.61 Å². The number of methoxy groups -OCH3 is 1. The third-order valence-electron chi connectivity index (χ3n) is 2.81. The molecule has 0 aliphatic rings. The third kappa shape index (κ3) is 3.66. The molecule has 0 aliphatic heterocycles. The summed E-state index contributed by atoms with van der Waals surface area (Å²) in [5.74, 6) is 1.30. The molecular weight excluding hydrogens is 278 g/mol. The van der Waals surface area contributed by atoms with E-state index < -0.39 is 7.12 Å². The minimum Gasteiger partial charge on any atom is -0.496 e. The Morgan fingerprint density at radius 1 is 1.10 bits per heavy atom. The number of hydrogen-bond acceptors (Lipinski definition) is 4. The standard InChI is InChI=1S/C14H14BClO4/c1-19-14-7-2-11(15(17)18)8-10(14)9-20-13-5-3-12(16)4-6-13/h2-8,17-18H,9H2,1H3. The van der Waals surface area contributed by atoms with Gasteiger partial charge in [-0.1, -0.05) is 23.7 Å². The third-order valence-corrected chi connectivity index (χ3v) is 3.06. The van der Waals surface area contributed by atoms with Crippen LogP contribution >= 0.6 is 11.6 Å². The number of ether oxygens (including phenoxy) is 2. The van der Waals surface area contributed by atoms with Gasteiger partial charge in [0, 0.05) is 10.6 Å². The van der Waals surface area contributed by atoms with Crippen LogP contribution in [0.3, 0.4) is 0 Å². The molecule has 6 heteroatoms. The molecule has 0 aromatic heterocycles. The van der Waals surface area contributed by atoms with Crippen LogP contribution in [0.1, 0.15) is 5.56 Å². The highest BCUT2D eigenvalue weighted by Gasteiger charge is 2.14. The fourth-order valence-corrected chi connectivity index (χ4v) is 1.89. The molecule has 0 unspecified atom stereocenters. The topological polar surface area (TPSA) is 58.9 Å². The average molecular weight is 293 g/mol. The van der Waals surface area contributed by atoms with Crippen LogP contribution in [-0.2, 0) is 6.61 Å². The summed E-state index contributed by atoms with van der Waals surface area (Å²) in [6.45, 7) is 0.255. The highest BCUT2D eigenvalue weighted by atomic mass is 35.5. The zero-order valence-electron chi connectivity index (χ0n) is 10.9. The van der Waals surface area contributed by atoms with Crippen molar-refractivity contribution in [2.24, 2.45) is 0 Å². The van der Waals surface area contributed by atoms with Gasteiger partial charge in [0.1, 0.15) is 18.1 Å². The van der Waals surface area contributed by atoms with E-state index in [9.17, 15) is 10.0 Å². The first-order chi connectivity index (χ1) is 9.60. The first-order valence-corrected chi connectivity index (χ1v) is 6.39. The summed E-state index contributed by atoms with van der Waals surface area (Å²) >= 11 is 5.80. The molecule has 2 N–H and O–H groups in total. The van der Waals surface area contributed by atoms with Gasteiger partial charge in [0.25, 0.3) is 0 Å². The van der Waals surface area contributed by atoms with E-state index in [2.05, 4.69) is 0 Å². The van der Waals surface area contributed by atoms with Gasteiger partial charge in [0.15, 0.2) is 0 Å². The Hall–Kier alpha value is -1.69. The molecule has 0 atom stereocenters. The number of hydrogen-bond donors (Lipinski definition) is 2. The van der Waals surface area contributed by atoms with Crippen LogP contribution in [0.4, 0.5) is 0 Å². The summed E-state index contributed by atoms with van der Waals surface area (Å²) in [4.78, 5) is 0. The zero-order chi connectivity index (χ0) is 14.5. The van der Waals surface area contributed by atoms with E-state index >= 15 is 0 Å². The summed E-state index contributed by atoms with van der Waals surface area (Å²) in [7, 11) is 0.0334. The smallest absolute Gasteiger partial charge is 0.488 e. The van der Waals surface area contributed by atoms with Crippen LogP contribution in [0.15, 0.2) is 42.5 Å². The predicted molar refractivity (Wildman–Crippen MR) is 78.6 cm³/mol. The minimum atomic E-state index is -1.52. The summed E-state index contributed by atoms with van der Waals surface area (Å²) in [6, 6.07) is 11.9. The van der Waals surface area contributed by atoms with Crippen molar-refractivity contribution in [1.29, 1.82) is 0 Å². The van der Waals surface area contributed by atoms with Gasteiger partial charge in [-0.15, -0.1) is 0 Å². The van der Waals surface area contributed by atoms with Crippen LogP contribution < -0.4 is 14.9 Å². The van der Waals surface area contributed by atoms with Crippen molar-refractivity contribution in [2.75, 3.05) is 7.11 Å². The maximum absolute atomic E-state index is 9.19. The molecule has 0 saturated heterocycles. The van der Waals surface area contributed by atoms with Crippen molar-refractivity contribution in [3.8, 4) is 11.5 Å². The molecule has 0 spiro atoms. The fourth-order valence-electron chi connectivity index (χ4n) is 1.76. The van der Waals surface area contributed by atoms with Gasteiger partial charge in [0.2, 0.25) is 0 Å². The average Bonchev–Trinajstić information content (AvgIpc) is 2.46. The number of rotatable bonds is 5. The highest BCUT2D eigenvalue weighted by Crippen LogP contribution is 2.21. The van der Waals surface area contributed by atoms with E-state index in [0.717, 1.165) is 5.56 Å². The number of halogens is 1. The molecular formula is C14H14BClO4. The molecule has 0 aliphatic carbocycles. The Morgan fingerprint density at radius 2 is 1.80 bits per heavy atom. The van der Waals surface area contributed by atoms with Gasteiger partial charge in [-0.2, -0.15) is 0 Å². The second kappa shape index (κ2) is 6.66. The summed E-state index contributed by atoms with van der Waals surface area (Å²) < 4.78 is 10.8. The Kier molecular flexibility index (Phi) is 4.90. The molecule has 2 aromatic rings. The van der Waals surface area contributed by atoms with Crippen LogP contribution in [-0.4, -0.2) is 24.3 Å². The van der Waals surface area contributed by atoms with Crippen molar-refractivity contribution in [2.45, 2.75) is 6.61 Å². The second-order valence-corrected chi connectivity index (χ2v) is 4.62. The molecule has 2 rings (SSSR count). The van der Waals surface area contributed by atoms with Gasteiger partial charge in [-0.25, -0.2) is 0 Å². The predicted octanol–water partition coefficient (Wildman–Crippen LogP) is 1.61. The lowest BCUT2D eigenvalue weighted by Crippen LogP contribution is -2.30. The second-order valence-electron chi connectivity index (χ2n) is 4.19. The first-order valence-electron chi connectivity index (χ1n) is 6.01. The summed E-state index contributed by atoms with van der Waals surface area (Å²) in [5, 5.41) is 19.0.